The van der Waals surface area contributed by atoms with E-state index in [0.29, 0.717) is 0 Å². The molecule has 0 saturated heterocycles. The molecule has 86 valence electrons. The van der Waals surface area contributed by atoms with Crippen molar-refractivity contribution in [3.8, 4) is 0 Å². The Hall–Kier alpha value is -2.43. The largest absolute Gasteiger partial charge is 0.339 e. The average molecular weight is 228 g/mol. The molecular weight excluding hydrogens is 216 g/mol. The molecule has 2 aromatic rings. The zero-order valence-electron chi connectivity index (χ0n) is 9.13. The van der Waals surface area contributed by atoms with Crippen LogP contribution in [0.15, 0.2) is 49.3 Å². The normalized spacial score (nSPS) is 11.8. The van der Waals surface area contributed by atoms with E-state index < -0.39 is 0 Å². The number of hydrogen-bond donors (Lipinski definition) is 2. The SMILES string of the molecule is C=C[C@@H](NC(=O)c1nc[nH]n1)c1ccccc1. The first-order chi connectivity index (χ1) is 8.31. The van der Waals surface area contributed by atoms with Crippen LogP contribution < -0.4 is 5.32 Å². The second kappa shape index (κ2) is 5.07. The van der Waals surface area contributed by atoms with Crippen LogP contribution in [0.4, 0.5) is 0 Å². The zero-order valence-corrected chi connectivity index (χ0v) is 9.13. The molecule has 0 radical (unpaired) electrons. The first kappa shape index (κ1) is 11.1. The number of aromatic nitrogens is 3. The van der Waals surface area contributed by atoms with Crippen molar-refractivity contribution in [2.45, 2.75) is 6.04 Å². The van der Waals surface area contributed by atoms with E-state index in [1.807, 2.05) is 30.3 Å². The summed E-state index contributed by atoms with van der Waals surface area (Å²) in [5, 5.41) is 8.99. The van der Waals surface area contributed by atoms with E-state index in [9.17, 15) is 4.79 Å². The number of H-pyrrole nitrogens is 1. The topological polar surface area (TPSA) is 70.7 Å². The molecule has 0 spiro atoms. The molecule has 0 aliphatic heterocycles. The van der Waals surface area contributed by atoms with Gasteiger partial charge in [-0.1, -0.05) is 36.4 Å². The highest BCUT2D eigenvalue weighted by atomic mass is 16.2. The van der Waals surface area contributed by atoms with Crippen molar-refractivity contribution in [3.05, 3.63) is 60.7 Å². The van der Waals surface area contributed by atoms with Gasteiger partial charge in [0.05, 0.1) is 6.04 Å². The minimum absolute atomic E-state index is 0.118. The third-order valence-corrected chi connectivity index (χ3v) is 2.30. The number of hydrogen-bond acceptors (Lipinski definition) is 3. The maximum Gasteiger partial charge on any atom is 0.291 e. The number of amides is 1. The van der Waals surface area contributed by atoms with Crippen LogP contribution in [0.1, 0.15) is 22.2 Å². The van der Waals surface area contributed by atoms with Crippen LogP contribution in [0.25, 0.3) is 0 Å². The predicted octanol–water partition coefficient (Wildman–Crippen LogP) is 1.46. The van der Waals surface area contributed by atoms with Crippen molar-refractivity contribution < 1.29 is 4.79 Å². The lowest BCUT2D eigenvalue weighted by Gasteiger charge is -2.13. The average Bonchev–Trinajstić information content (AvgIpc) is 2.90. The molecular formula is C12H12N4O. The van der Waals surface area contributed by atoms with E-state index >= 15 is 0 Å². The summed E-state index contributed by atoms with van der Waals surface area (Å²) in [4.78, 5) is 15.5. The molecule has 0 aliphatic rings. The van der Waals surface area contributed by atoms with E-state index in [2.05, 4.69) is 27.1 Å². The van der Waals surface area contributed by atoms with Crippen molar-refractivity contribution in [1.29, 1.82) is 0 Å². The van der Waals surface area contributed by atoms with Crippen LogP contribution in [0, 0.1) is 0 Å². The third-order valence-electron chi connectivity index (χ3n) is 2.30. The fourth-order valence-electron chi connectivity index (χ4n) is 1.46. The summed E-state index contributed by atoms with van der Waals surface area (Å²) in [5.41, 5.74) is 0.964. The lowest BCUT2D eigenvalue weighted by molar-refractivity contribution is 0.0934. The van der Waals surface area contributed by atoms with Crippen LogP contribution in [0.3, 0.4) is 0 Å². The summed E-state index contributed by atoms with van der Waals surface area (Å²) in [6.45, 7) is 3.71. The lowest BCUT2D eigenvalue weighted by atomic mass is 10.1. The number of aromatic amines is 1. The van der Waals surface area contributed by atoms with Crippen molar-refractivity contribution in [2.75, 3.05) is 0 Å². The molecule has 1 atom stereocenters. The molecule has 0 saturated carbocycles. The summed E-state index contributed by atoms with van der Waals surface area (Å²) in [5.74, 6) is -0.215. The van der Waals surface area contributed by atoms with Gasteiger partial charge in [-0.2, -0.15) is 0 Å². The van der Waals surface area contributed by atoms with Gasteiger partial charge in [-0.3, -0.25) is 9.89 Å². The van der Waals surface area contributed by atoms with Gasteiger partial charge < -0.3 is 5.32 Å². The summed E-state index contributed by atoms with van der Waals surface area (Å²) in [7, 11) is 0. The monoisotopic (exact) mass is 228 g/mol. The molecule has 0 aliphatic carbocycles. The molecule has 0 fully saturated rings. The molecule has 0 unspecified atom stereocenters. The molecule has 0 bridgehead atoms. The lowest BCUT2D eigenvalue weighted by Crippen LogP contribution is -2.28. The Balaban J connectivity index is 2.11. The Morgan fingerprint density at radius 1 is 1.41 bits per heavy atom. The number of rotatable bonds is 4. The maximum absolute atomic E-state index is 11.7. The highest BCUT2D eigenvalue weighted by molar-refractivity contribution is 5.90. The molecule has 17 heavy (non-hydrogen) atoms. The molecule has 5 nitrogen and oxygen atoms in total. The fourth-order valence-corrected chi connectivity index (χ4v) is 1.46. The Labute approximate surface area is 98.6 Å². The summed E-state index contributed by atoms with van der Waals surface area (Å²) in [6.07, 6.45) is 3.03. The molecule has 1 amide bonds. The van der Waals surface area contributed by atoms with Crippen LogP contribution in [-0.4, -0.2) is 21.1 Å². The zero-order chi connectivity index (χ0) is 12.1. The fraction of sp³-hybridized carbons (Fsp3) is 0.0833. The van der Waals surface area contributed by atoms with E-state index in [4.69, 9.17) is 0 Å². The Kier molecular flexibility index (Phi) is 3.30. The number of nitrogens with one attached hydrogen (secondary N) is 2. The van der Waals surface area contributed by atoms with E-state index in [1.165, 1.54) is 6.33 Å². The van der Waals surface area contributed by atoms with Gasteiger partial charge in [0.15, 0.2) is 0 Å². The van der Waals surface area contributed by atoms with Gasteiger partial charge in [0.25, 0.3) is 5.91 Å². The Morgan fingerprint density at radius 3 is 2.76 bits per heavy atom. The molecule has 1 aromatic carbocycles. The molecule has 5 heteroatoms. The van der Waals surface area contributed by atoms with Gasteiger partial charge in [0.2, 0.25) is 5.82 Å². The van der Waals surface area contributed by atoms with Crippen molar-refractivity contribution in [2.24, 2.45) is 0 Å². The van der Waals surface area contributed by atoms with Gasteiger partial charge in [0.1, 0.15) is 6.33 Å². The standard InChI is InChI=1S/C12H12N4O/c1-2-10(9-6-4-3-5-7-9)15-12(17)11-13-8-14-16-11/h2-8,10H,1H2,(H,15,17)(H,13,14,16)/t10-/m1/s1. The molecule has 2 rings (SSSR count). The first-order valence-corrected chi connectivity index (χ1v) is 5.15. The summed E-state index contributed by atoms with van der Waals surface area (Å²) < 4.78 is 0. The first-order valence-electron chi connectivity index (χ1n) is 5.15. The van der Waals surface area contributed by atoms with Gasteiger partial charge in [-0.05, 0) is 5.56 Å². The van der Waals surface area contributed by atoms with E-state index in [0.717, 1.165) is 5.56 Å². The third kappa shape index (κ3) is 2.57. The summed E-state index contributed by atoms with van der Waals surface area (Å²) >= 11 is 0. The van der Waals surface area contributed by atoms with Gasteiger partial charge in [-0.15, -0.1) is 11.7 Å². The van der Waals surface area contributed by atoms with Crippen molar-refractivity contribution >= 4 is 5.91 Å². The van der Waals surface area contributed by atoms with Gasteiger partial charge >= 0.3 is 0 Å². The Bertz CT molecular complexity index is 492. The highest BCUT2D eigenvalue weighted by Crippen LogP contribution is 2.13. The minimum atomic E-state index is -0.333. The number of benzene rings is 1. The van der Waals surface area contributed by atoms with Gasteiger partial charge in [0, 0.05) is 0 Å². The van der Waals surface area contributed by atoms with Crippen LogP contribution >= 0.6 is 0 Å². The summed E-state index contributed by atoms with van der Waals surface area (Å²) in [6, 6.07) is 9.33. The predicted molar refractivity (Wildman–Crippen MR) is 63.2 cm³/mol. The van der Waals surface area contributed by atoms with Gasteiger partial charge in [-0.25, -0.2) is 4.98 Å². The van der Waals surface area contributed by atoms with Crippen molar-refractivity contribution in [3.63, 3.8) is 0 Å². The van der Waals surface area contributed by atoms with Crippen LogP contribution in [-0.2, 0) is 0 Å². The smallest absolute Gasteiger partial charge is 0.291 e. The second-order valence-corrected chi connectivity index (χ2v) is 3.42. The van der Waals surface area contributed by atoms with Crippen LogP contribution in [0.2, 0.25) is 0 Å². The number of carbonyl (C=O) groups is 1. The van der Waals surface area contributed by atoms with Crippen molar-refractivity contribution in [1.82, 2.24) is 20.5 Å². The Morgan fingerprint density at radius 2 is 2.18 bits per heavy atom. The van der Waals surface area contributed by atoms with Crippen LogP contribution in [0.5, 0.6) is 0 Å². The molecule has 2 N–H and O–H groups in total. The van der Waals surface area contributed by atoms with E-state index in [1.54, 1.807) is 6.08 Å². The maximum atomic E-state index is 11.7. The minimum Gasteiger partial charge on any atom is -0.339 e. The second-order valence-electron chi connectivity index (χ2n) is 3.42. The number of carbonyl (C=O) groups excluding carboxylic acids is 1. The highest BCUT2D eigenvalue weighted by Gasteiger charge is 2.14. The number of nitrogens with zero attached hydrogens (tertiary/aromatic N) is 2. The molecule has 1 aromatic heterocycles. The molecule has 1 heterocycles. The van der Waals surface area contributed by atoms with E-state index in [-0.39, 0.29) is 17.8 Å². The quantitative estimate of drug-likeness (QED) is 0.778.